The van der Waals surface area contributed by atoms with Crippen molar-refractivity contribution in [3.05, 3.63) is 28.7 Å². The maximum absolute atomic E-state index is 12.8. The fourth-order valence-electron chi connectivity index (χ4n) is 3.22. The highest BCUT2D eigenvalue weighted by Crippen LogP contribution is 2.47. The van der Waals surface area contributed by atoms with Crippen LogP contribution in [0.1, 0.15) is 46.5 Å². The maximum atomic E-state index is 12.8. The van der Waals surface area contributed by atoms with Crippen LogP contribution in [0.25, 0.3) is 0 Å². The second kappa shape index (κ2) is 6.39. The first-order chi connectivity index (χ1) is 9.93. The molecule has 1 N–H and O–H groups in total. The van der Waals surface area contributed by atoms with Crippen molar-refractivity contribution in [1.82, 2.24) is 0 Å². The first-order valence-electron chi connectivity index (χ1n) is 7.63. The van der Waals surface area contributed by atoms with Crippen LogP contribution >= 0.6 is 15.9 Å². The van der Waals surface area contributed by atoms with Crippen LogP contribution in [0.2, 0.25) is 0 Å². The maximum Gasteiger partial charge on any atom is 0.332 e. The zero-order valence-electron chi connectivity index (χ0n) is 13.0. The molecule has 1 aliphatic rings. The van der Waals surface area contributed by atoms with Gasteiger partial charge in [0.1, 0.15) is 5.54 Å². The van der Waals surface area contributed by atoms with Crippen LogP contribution in [0.15, 0.2) is 28.7 Å². The Morgan fingerprint density at radius 3 is 2.57 bits per heavy atom. The average Bonchev–Trinajstić information content (AvgIpc) is 2.43. The lowest BCUT2D eigenvalue weighted by molar-refractivity contribution is -0.155. The minimum Gasteiger partial charge on any atom is -0.464 e. The van der Waals surface area contributed by atoms with Gasteiger partial charge in [-0.3, -0.25) is 0 Å². The average molecular weight is 354 g/mol. The summed E-state index contributed by atoms with van der Waals surface area (Å²) >= 11 is 3.56. The van der Waals surface area contributed by atoms with Gasteiger partial charge in [0.15, 0.2) is 0 Å². The number of para-hydroxylation sites is 1. The smallest absolute Gasteiger partial charge is 0.332 e. The standard InChI is InChI=1S/C17H24BrNO2/c1-4-21-15(20)17(12-8-7-11-16(17,2)3)19-14-10-6-5-9-13(14)18/h5-6,9-10,19H,4,7-8,11-12H2,1-3H3. The third-order valence-electron chi connectivity index (χ3n) is 4.60. The van der Waals surface area contributed by atoms with E-state index in [1.807, 2.05) is 31.2 Å². The van der Waals surface area contributed by atoms with Crippen molar-refractivity contribution in [2.75, 3.05) is 11.9 Å². The molecular weight excluding hydrogens is 330 g/mol. The summed E-state index contributed by atoms with van der Waals surface area (Å²) in [5, 5.41) is 3.52. The fourth-order valence-corrected chi connectivity index (χ4v) is 3.60. The number of halogens is 1. The van der Waals surface area contributed by atoms with Crippen LogP contribution in [0.5, 0.6) is 0 Å². The van der Waals surface area contributed by atoms with Crippen molar-refractivity contribution in [3.8, 4) is 0 Å². The van der Waals surface area contributed by atoms with E-state index in [-0.39, 0.29) is 11.4 Å². The van der Waals surface area contributed by atoms with Gasteiger partial charge < -0.3 is 10.1 Å². The van der Waals surface area contributed by atoms with Gasteiger partial charge in [-0.1, -0.05) is 38.8 Å². The Kier molecular flexibility index (Phi) is 4.97. The molecule has 0 aliphatic heterocycles. The summed E-state index contributed by atoms with van der Waals surface area (Å²) in [6, 6.07) is 7.92. The van der Waals surface area contributed by atoms with Crippen molar-refractivity contribution < 1.29 is 9.53 Å². The zero-order chi connectivity index (χ0) is 15.5. The Hall–Kier alpha value is -1.03. The lowest BCUT2D eigenvalue weighted by Gasteiger charge is -2.49. The van der Waals surface area contributed by atoms with E-state index in [2.05, 4.69) is 35.1 Å². The molecule has 0 heterocycles. The molecular formula is C17H24BrNO2. The van der Waals surface area contributed by atoms with Gasteiger partial charge in [0.05, 0.1) is 6.61 Å². The Balaban J connectivity index is 2.41. The molecule has 0 spiro atoms. The Morgan fingerprint density at radius 2 is 1.95 bits per heavy atom. The molecule has 1 aromatic rings. The van der Waals surface area contributed by atoms with Crippen LogP contribution in [-0.2, 0) is 9.53 Å². The Bertz CT molecular complexity index is 515. The third-order valence-corrected chi connectivity index (χ3v) is 5.30. The normalized spacial score (nSPS) is 24.4. The minimum absolute atomic E-state index is 0.134. The van der Waals surface area contributed by atoms with E-state index in [0.29, 0.717) is 6.61 Å². The summed E-state index contributed by atoms with van der Waals surface area (Å²) in [5.41, 5.74) is 0.137. The summed E-state index contributed by atoms with van der Waals surface area (Å²) in [6.45, 7) is 6.59. The SMILES string of the molecule is CCOC(=O)C1(Nc2ccccc2Br)CCCCC1(C)C. The van der Waals surface area contributed by atoms with Crippen molar-refractivity contribution in [2.45, 2.75) is 52.0 Å². The van der Waals surface area contributed by atoms with Crippen molar-refractivity contribution >= 4 is 27.6 Å². The summed E-state index contributed by atoms with van der Waals surface area (Å²) < 4.78 is 6.38. The van der Waals surface area contributed by atoms with Crippen LogP contribution in [0.4, 0.5) is 5.69 Å². The second-order valence-corrected chi connectivity index (χ2v) is 7.18. The monoisotopic (exact) mass is 353 g/mol. The quantitative estimate of drug-likeness (QED) is 0.792. The molecule has 1 fully saturated rings. The molecule has 1 unspecified atom stereocenters. The van der Waals surface area contributed by atoms with E-state index in [1.54, 1.807) is 0 Å². The molecule has 1 saturated carbocycles. The molecule has 0 radical (unpaired) electrons. The number of hydrogen-bond acceptors (Lipinski definition) is 3. The van der Waals surface area contributed by atoms with Gasteiger partial charge in [-0.25, -0.2) is 4.79 Å². The molecule has 0 saturated heterocycles. The molecule has 0 bridgehead atoms. The van der Waals surface area contributed by atoms with Gasteiger partial charge >= 0.3 is 5.97 Å². The molecule has 3 nitrogen and oxygen atoms in total. The van der Waals surface area contributed by atoms with E-state index in [1.165, 1.54) is 0 Å². The highest BCUT2D eigenvalue weighted by Gasteiger charge is 2.53. The number of hydrogen-bond donors (Lipinski definition) is 1. The molecule has 1 aromatic carbocycles. The third kappa shape index (κ3) is 3.10. The van der Waals surface area contributed by atoms with Gasteiger partial charge in [-0.05, 0) is 53.2 Å². The van der Waals surface area contributed by atoms with Crippen molar-refractivity contribution in [1.29, 1.82) is 0 Å². The van der Waals surface area contributed by atoms with E-state index < -0.39 is 5.54 Å². The summed E-state index contributed by atoms with van der Waals surface area (Å²) in [4.78, 5) is 12.8. The molecule has 1 atom stereocenters. The van der Waals surface area contributed by atoms with Crippen LogP contribution in [0, 0.1) is 5.41 Å². The molecule has 1 aliphatic carbocycles. The Labute approximate surface area is 135 Å². The summed E-state index contributed by atoms with van der Waals surface area (Å²) in [7, 11) is 0. The van der Waals surface area contributed by atoms with Crippen molar-refractivity contribution in [2.24, 2.45) is 5.41 Å². The van der Waals surface area contributed by atoms with Crippen molar-refractivity contribution in [3.63, 3.8) is 0 Å². The largest absolute Gasteiger partial charge is 0.464 e. The van der Waals surface area contributed by atoms with E-state index in [9.17, 15) is 4.79 Å². The molecule has 2 rings (SSSR count). The van der Waals surface area contributed by atoms with Crippen LogP contribution in [-0.4, -0.2) is 18.1 Å². The number of carbonyl (C=O) groups is 1. The summed E-state index contributed by atoms with van der Waals surface area (Å²) in [6.07, 6.45) is 4.02. The van der Waals surface area contributed by atoms with Crippen LogP contribution in [0.3, 0.4) is 0 Å². The number of nitrogens with one attached hydrogen (secondary N) is 1. The van der Waals surface area contributed by atoms with Gasteiger partial charge in [0.2, 0.25) is 0 Å². The fraction of sp³-hybridized carbons (Fsp3) is 0.588. The first kappa shape index (κ1) is 16.3. The van der Waals surface area contributed by atoms with Gasteiger partial charge in [0, 0.05) is 10.2 Å². The van der Waals surface area contributed by atoms with Gasteiger partial charge in [-0.15, -0.1) is 0 Å². The number of benzene rings is 1. The molecule has 4 heteroatoms. The highest BCUT2D eigenvalue weighted by atomic mass is 79.9. The van der Waals surface area contributed by atoms with E-state index >= 15 is 0 Å². The lowest BCUT2D eigenvalue weighted by atomic mass is 9.63. The van der Waals surface area contributed by atoms with E-state index in [4.69, 9.17) is 4.74 Å². The number of anilines is 1. The van der Waals surface area contributed by atoms with E-state index in [0.717, 1.165) is 35.8 Å². The predicted molar refractivity (Wildman–Crippen MR) is 89.4 cm³/mol. The summed E-state index contributed by atoms with van der Waals surface area (Å²) in [5.74, 6) is -0.134. The topological polar surface area (TPSA) is 38.3 Å². The second-order valence-electron chi connectivity index (χ2n) is 6.32. The molecule has 116 valence electrons. The predicted octanol–water partition coefficient (Wildman–Crippen LogP) is 4.76. The molecule has 21 heavy (non-hydrogen) atoms. The first-order valence-corrected chi connectivity index (χ1v) is 8.42. The zero-order valence-corrected chi connectivity index (χ0v) is 14.6. The van der Waals surface area contributed by atoms with Crippen LogP contribution < -0.4 is 5.32 Å². The number of esters is 1. The lowest BCUT2D eigenvalue weighted by Crippen LogP contribution is -2.59. The minimum atomic E-state index is -0.662. The van der Waals surface area contributed by atoms with Gasteiger partial charge in [-0.2, -0.15) is 0 Å². The Morgan fingerprint density at radius 1 is 1.29 bits per heavy atom. The molecule has 0 amide bonds. The number of rotatable bonds is 4. The highest BCUT2D eigenvalue weighted by molar-refractivity contribution is 9.10. The number of carbonyl (C=O) groups excluding carboxylic acids is 1. The number of ether oxygens (including phenoxy) is 1. The molecule has 0 aromatic heterocycles. The van der Waals surface area contributed by atoms with Gasteiger partial charge in [0.25, 0.3) is 0 Å².